The number of benzene rings is 1. The smallest absolute Gasteiger partial charge is 0.337 e. The number of methoxy groups -OCH3 is 1. The molecule has 0 saturated carbocycles. The number of nitrogens with two attached hydrogens (primary N) is 1. The molecule has 0 spiro atoms. The van der Waals surface area contributed by atoms with Gasteiger partial charge in [0.15, 0.2) is 0 Å². The summed E-state index contributed by atoms with van der Waals surface area (Å²) in [4.78, 5) is 11.3. The van der Waals surface area contributed by atoms with Crippen LogP contribution in [-0.4, -0.2) is 26.2 Å². The predicted octanol–water partition coefficient (Wildman–Crippen LogP) is 1.87. The van der Waals surface area contributed by atoms with Crippen LogP contribution in [0.2, 0.25) is 0 Å². The molecule has 0 fully saturated rings. The quantitative estimate of drug-likeness (QED) is 0.740. The molecule has 4 nitrogen and oxygen atoms in total. The predicted molar refractivity (Wildman–Crippen MR) is 69.1 cm³/mol. The fourth-order valence-corrected chi connectivity index (χ4v) is 1.55. The van der Waals surface area contributed by atoms with Crippen LogP contribution in [0.25, 0.3) is 0 Å². The van der Waals surface area contributed by atoms with Gasteiger partial charge in [0.1, 0.15) is 0 Å². The summed E-state index contributed by atoms with van der Waals surface area (Å²) in [6.07, 6.45) is 0.990. The largest absolute Gasteiger partial charge is 0.465 e. The molecule has 4 heteroatoms. The van der Waals surface area contributed by atoms with Gasteiger partial charge in [-0.15, -0.1) is 0 Å². The molecule has 0 amide bonds. The fourth-order valence-electron chi connectivity index (χ4n) is 1.55. The first-order chi connectivity index (χ1) is 8.17. The SMILES string of the molecule is COC(=O)c1cccc(NCC(C)CCN)c1. The number of hydrogen-bond donors (Lipinski definition) is 2. The van der Waals surface area contributed by atoms with Gasteiger partial charge in [-0.2, -0.15) is 0 Å². The molecule has 1 rings (SSSR count). The monoisotopic (exact) mass is 236 g/mol. The van der Waals surface area contributed by atoms with Crippen LogP contribution in [-0.2, 0) is 4.74 Å². The first kappa shape index (κ1) is 13.5. The molecule has 1 aromatic carbocycles. The zero-order chi connectivity index (χ0) is 12.7. The number of nitrogens with one attached hydrogen (secondary N) is 1. The summed E-state index contributed by atoms with van der Waals surface area (Å²) in [6.45, 7) is 3.69. The summed E-state index contributed by atoms with van der Waals surface area (Å²) >= 11 is 0. The van der Waals surface area contributed by atoms with Crippen molar-refractivity contribution in [2.45, 2.75) is 13.3 Å². The summed E-state index contributed by atoms with van der Waals surface area (Å²) in [5, 5.41) is 3.29. The Hall–Kier alpha value is -1.55. The van der Waals surface area contributed by atoms with E-state index in [4.69, 9.17) is 5.73 Å². The molecule has 0 heterocycles. The van der Waals surface area contributed by atoms with Crippen molar-refractivity contribution < 1.29 is 9.53 Å². The molecule has 0 radical (unpaired) electrons. The number of rotatable bonds is 6. The minimum Gasteiger partial charge on any atom is -0.465 e. The lowest BCUT2D eigenvalue weighted by Crippen LogP contribution is -2.15. The van der Waals surface area contributed by atoms with Crippen molar-refractivity contribution in [2.24, 2.45) is 11.7 Å². The van der Waals surface area contributed by atoms with Crippen LogP contribution >= 0.6 is 0 Å². The van der Waals surface area contributed by atoms with Crippen molar-refractivity contribution in [1.29, 1.82) is 0 Å². The summed E-state index contributed by atoms with van der Waals surface area (Å²) in [5.41, 5.74) is 6.98. The first-order valence-electron chi connectivity index (χ1n) is 5.79. The maximum Gasteiger partial charge on any atom is 0.337 e. The third-order valence-corrected chi connectivity index (χ3v) is 2.60. The molecule has 0 aliphatic carbocycles. The summed E-state index contributed by atoms with van der Waals surface area (Å²) in [7, 11) is 1.38. The average molecular weight is 236 g/mol. The highest BCUT2D eigenvalue weighted by molar-refractivity contribution is 5.90. The lowest BCUT2D eigenvalue weighted by molar-refractivity contribution is 0.0601. The maximum absolute atomic E-state index is 11.3. The number of carbonyl (C=O) groups excluding carboxylic acids is 1. The van der Waals surface area contributed by atoms with E-state index in [1.54, 1.807) is 12.1 Å². The molecular weight excluding hydrogens is 216 g/mol. The second kappa shape index (κ2) is 6.91. The zero-order valence-corrected chi connectivity index (χ0v) is 10.4. The van der Waals surface area contributed by atoms with Gasteiger partial charge in [0.05, 0.1) is 12.7 Å². The van der Waals surface area contributed by atoms with Crippen LogP contribution < -0.4 is 11.1 Å². The second-order valence-corrected chi connectivity index (χ2v) is 4.14. The number of anilines is 1. The lowest BCUT2D eigenvalue weighted by Gasteiger charge is -2.12. The van der Waals surface area contributed by atoms with E-state index in [0.717, 1.165) is 18.7 Å². The molecule has 0 aliphatic rings. The molecule has 0 aromatic heterocycles. The average Bonchev–Trinajstić information content (AvgIpc) is 2.36. The van der Waals surface area contributed by atoms with E-state index in [1.807, 2.05) is 12.1 Å². The lowest BCUT2D eigenvalue weighted by atomic mass is 10.1. The van der Waals surface area contributed by atoms with Crippen molar-refractivity contribution in [3.8, 4) is 0 Å². The molecular formula is C13H20N2O2. The highest BCUT2D eigenvalue weighted by Gasteiger charge is 2.06. The Kier molecular flexibility index (Phi) is 5.49. The van der Waals surface area contributed by atoms with E-state index in [2.05, 4.69) is 17.0 Å². The number of esters is 1. The Morgan fingerprint density at radius 3 is 2.94 bits per heavy atom. The highest BCUT2D eigenvalue weighted by Crippen LogP contribution is 2.12. The maximum atomic E-state index is 11.3. The zero-order valence-electron chi connectivity index (χ0n) is 10.4. The van der Waals surface area contributed by atoms with Crippen molar-refractivity contribution >= 4 is 11.7 Å². The minimum absolute atomic E-state index is 0.316. The number of carbonyl (C=O) groups is 1. The van der Waals surface area contributed by atoms with Crippen LogP contribution in [0.3, 0.4) is 0 Å². The molecule has 3 N–H and O–H groups in total. The fraction of sp³-hybridized carbons (Fsp3) is 0.462. The second-order valence-electron chi connectivity index (χ2n) is 4.14. The van der Waals surface area contributed by atoms with Gasteiger partial charge < -0.3 is 15.8 Å². The van der Waals surface area contributed by atoms with Gasteiger partial charge in [0.25, 0.3) is 0 Å². The van der Waals surface area contributed by atoms with E-state index in [0.29, 0.717) is 18.0 Å². The standard InChI is InChI=1S/C13H20N2O2/c1-10(6-7-14)9-15-12-5-3-4-11(8-12)13(16)17-2/h3-5,8,10,15H,6-7,9,14H2,1-2H3. The molecule has 0 bridgehead atoms. The van der Waals surface area contributed by atoms with Crippen molar-refractivity contribution in [2.75, 3.05) is 25.5 Å². The van der Waals surface area contributed by atoms with Gasteiger partial charge in [-0.25, -0.2) is 4.79 Å². The van der Waals surface area contributed by atoms with Crippen LogP contribution in [0.5, 0.6) is 0 Å². The van der Waals surface area contributed by atoms with E-state index in [-0.39, 0.29) is 5.97 Å². The molecule has 0 saturated heterocycles. The molecule has 1 unspecified atom stereocenters. The molecule has 1 aromatic rings. The molecule has 94 valence electrons. The summed E-state index contributed by atoms with van der Waals surface area (Å²) in [6, 6.07) is 7.30. The van der Waals surface area contributed by atoms with Gasteiger partial charge in [-0.3, -0.25) is 0 Å². The van der Waals surface area contributed by atoms with Crippen LogP contribution in [0.15, 0.2) is 24.3 Å². The number of hydrogen-bond acceptors (Lipinski definition) is 4. The van der Waals surface area contributed by atoms with Crippen molar-refractivity contribution in [1.82, 2.24) is 0 Å². The molecule has 0 aliphatic heterocycles. The van der Waals surface area contributed by atoms with Gasteiger partial charge in [0, 0.05) is 12.2 Å². The third-order valence-electron chi connectivity index (χ3n) is 2.60. The Morgan fingerprint density at radius 1 is 1.53 bits per heavy atom. The Morgan fingerprint density at radius 2 is 2.29 bits per heavy atom. The van der Waals surface area contributed by atoms with Gasteiger partial charge in [0.2, 0.25) is 0 Å². The Balaban J connectivity index is 2.57. The van der Waals surface area contributed by atoms with E-state index >= 15 is 0 Å². The third kappa shape index (κ3) is 4.44. The van der Waals surface area contributed by atoms with Crippen LogP contribution in [0.1, 0.15) is 23.7 Å². The van der Waals surface area contributed by atoms with Crippen molar-refractivity contribution in [3.05, 3.63) is 29.8 Å². The number of ether oxygens (including phenoxy) is 1. The van der Waals surface area contributed by atoms with E-state index in [9.17, 15) is 4.79 Å². The van der Waals surface area contributed by atoms with Crippen molar-refractivity contribution in [3.63, 3.8) is 0 Å². The van der Waals surface area contributed by atoms with Crippen LogP contribution in [0.4, 0.5) is 5.69 Å². The first-order valence-corrected chi connectivity index (χ1v) is 5.79. The summed E-state index contributed by atoms with van der Waals surface area (Å²) in [5.74, 6) is 0.199. The molecule has 1 atom stereocenters. The van der Waals surface area contributed by atoms with E-state index in [1.165, 1.54) is 7.11 Å². The minimum atomic E-state index is -0.316. The summed E-state index contributed by atoms with van der Waals surface area (Å²) < 4.78 is 4.67. The Labute approximate surface area is 102 Å². The normalized spacial score (nSPS) is 11.9. The van der Waals surface area contributed by atoms with Crippen LogP contribution in [0, 0.1) is 5.92 Å². The Bertz CT molecular complexity index is 366. The molecule has 17 heavy (non-hydrogen) atoms. The van der Waals surface area contributed by atoms with Gasteiger partial charge in [-0.1, -0.05) is 13.0 Å². The topological polar surface area (TPSA) is 64.3 Å². The van der Waals surface area contributed by atoms with E-state index < -0.39 is 0 Å². The highest BCUT2D eigenvalue weighted by atomic mass is 16.5. The van der Waals surface area contributed by atoms with Gasteiger partial charge in [-0.05, 0) is 37.1 Å². The van der Waals surface area contributed by atoms with Gasteiger partial charge >= 0.3 is 5.97 Å².